The predicted molar refractivity (Wildman–Crippen MR) is 213 cm³/mol. The maximum absolute atomic E-state index is 14.1. The number of nitrogens with two attached hydrogens (primary N) is 1. The number of β-lactam (4-membered cyclic amide) rings is 1. The van der Waals surface area contributed by atoms with E-state index in [9.17, 15) is 27.8 Å². The number of benzene rings is 2. The van der Waals surface area contributed by atoms with Gasteiger partial charge in [-0.2, -0.15) is 0 Å². The first-order valence-electron chi connectivity index (χ1n) is 18.3. The zero-order valence-corrected chi connectivity index (χ0v) is 32.7. The second-order valence-electron chi connectivity index (χ2n) is 13.4. The number of allylic oxidation sites excluding steroid dienone is 1. The molecule has 4 atom stereocenters. The predicted octanol–water partition coefficient (Wildman–Crippen LogP) is 2.73. The standard InChI is InChI=1S/C40H48FN7O8S/c1-6-43-39(51)32(8-7-15-42)45-35(49)18-33-38(40(52)48(33)20-25(4)55-21-23(2)9-10-24(3)54-5)47-36(50)22-56-27-12-13-28-34(17-27)57(53)44-19-30-29-16-26(41)11-14-31(29)46-37(28)30/h9-14,16-17,32-33,38,44,46H,2-4,6-8,15,18-22,42H2,1,5H3,(H,43,51)(H,45,49)(H,47,50)/b10-9-. The van der Waals surface area contributed by atoms with Gasteiger partial charge in [-0.1, -0.05) is 25.8 Å². The second-order valence-corrected chi connectivity index (χ2v) is 14.7. The molecule has 1 fully saturated rings. The number of amides is 4. The number of halogens is 1. The number of aromatic amines is 1. The van der Waals surface area contributed by atoms with Gasteiger partial charge in [0.2, 0.25) is 17.7 Å². The van der Waals surface area contributed by atoms with Gasteiger partial charge in [-0.3, -0.25) is 19.2 Å². The summed E-state index contributed by atoms with van der Waals surface area (Å²) in [6, 6.07) is 6.55. The molecule has 5 rings (SSSR count). The normalized spacial score (nSPS) is 17.7. The van der Waals surface area contributed by atoms with Crippen molar-refractivity contribution in [2.75, 3.05) is 40.0 Å². The summed E-state index contributed by atoms with van der Waals surface area (Å²) < 4.78 is 46.7. The lowest BCUT2D eigenvalue weighted by Crippen LogP contribution is -2.72. The molecule has 1 saturated heterocycles. The summed E-state index contributed by atoms with van der Waals surface area (Å²) >= 11 is 0. The number of H-pyrrole nitrogens is 1. The fourth-order valence-corrected chi connectivity index (χ4v) is 7.46. The Morgan fingerprint density at radius 1 is 1.12 bits per heavy atom. The van der Waals surface area contributed by atoms with Crippen LogP contribution in [0.25, 0.3) is 22.2 Å². The van der Waals surface area contributed by atoms with Gasteiger partial charge in [0.25, 0.3) is 5.91 Å². The van der Waals surface area contributed by atoms with E-state index >= 15 is 0 Å². The van der Waals surface area contributed by atoms with Crippen LogP contribution in [0.4, 0.5) is 4.39 Å². The molecule has 3 aromatic rings. The number of likely N-dealkylation sites (N-methyl/N-ethyl adjacent to an activating group) is 1. The summed E-state index contributed by atoms with van der Waals surface area (Å²) in [5, 5.41) is 8.79. The third-order valence-electron chi connectivity index (χ3n) is 9.36. The van der Waals surface area contributed by atoms with Gasteiger partial charge in [-0.05, 0) is 74.4 Å². The van der Waals surface area contributed by atoms with Crippen LogP contribution in [0.5, 0.6) is 5.75 Å². The highest BCUT2D eigenvalue weighted by Gasteiger charge is 2.49. The van der Waals surface area contributed by atoms with Gasteiger partial charge in [0.15, 0.2) is 6.61 Å². The third kappa shape index (κ3) is 10.5. The lowest BCUT2D eigenvalue weighted by atomic mass is 9.91. The van der Waals surface area contributed by atoms with Crippen LogP contribution in [0.2, 0.25) is 0 Å². The summed E-state index contributed by atoms with van der Waals surface area (Å²) in [5.41, 5.74) is 9.05. The zero-order valence-electron chi connectivity index (χ0n) is 31.9. The van der Waals surface area contributed by atoms with Crippen molar-refractivity contribution in [2.24, 2.45) is 5.73 Å². The van der Waals surface area contributed by atoms with Gasteiger partial charge < -0.3 is 45.8 Å². The number of carbonyl (C=O) groups is 4. The highest BCUT2D eigenvalue weighted by molar-refractivity contribution is 7.83. The maximum Gasteiger partial charge on any atom is 0.258 e. The Kier molecular flexibility index (Phi) is 14.4. The van der Waals surface area contributed by atoms with E-state index in [1.807, 2.05) is 0 Å². The monoisotopic (exact) mass is 805 g/mol. The minimum absolute atomic E-state index is 0.0572. The van der Waals surface area contributed by atoms with Gasteiger partial charge in [0.05, 0.1) is 30.3 Å². The number of nitrogens with zero attached hydrogens (tertiary/aromatic N) is 1. The van der Waals surface area contributed by atoms with Crippen molar-refractivity contribution in [3.05, 3.63) is 96.8 Å². The van der Waals surface area contributed by atoms with Gasteiger partial charge in [0, 0.05) is 41.5 Å². The average molecular weight is 806 g/mol. The largest absolute Gasteiger partial charge is 0.497 e. The number of nitrogens with one attached hydrogen (secondary N) is 5. The van der Waals surface area contributed by atoms with Crippen molar-refractivity contribution in [1.82, 2.24) is 30.6 Å². The SMILES string of the molecule is C=C(/C=C\C(=C)OC)COC(=C)CN1C(=O)C(NC(=O)COc2ccc3c(c2)S(=O)NCc2c-3[nH]c3ccc(F)cc23)C1CC(=O)NC(CCCN)C(=O)NCC. The van der Waals surface area contributed by atoms with Crippen molar-refractivity contribution in [3.63, 3.8) is 0 Å². The number of fused-ring (bicyclic) bond motifs is 5. The Hall–Kier alpha value is -5.78. The van der Waals surface area contributed by atoms with Crippen LogP contribution in [0, 0.1) is 5.82 Å². The molecule has 2 aliphatic rings. The molecule has 2 aliphatic heterocycles. The van der Waals surface area contributed by atoms with Crippen LogP contribution in [0.1, 0.15) is 31.7 Å². The fraction of sp³-hybridized carbons (Fsp3) is 0.350. The average Bonchev–Trinajstić information content (AvgIpc) is 3.49. The van der Waals surface area contributed by atoms with Crippen LogP contribution in [0.15, 0.2) is 90.3 Å². The van der Waals surface area contributed by atoms with E-state index in [0.717, 1.165) is 11.1 Å². The molecule has 17 heteroatoms. The first-order chi connectivity index (χ1) is 27.3. The van der Waals surface area contributed by atoms with Gasteiger partial charge >= 0.3 is 0 Å². The smallest absolute Gasteiger partial charge is 0.258 e. The zero-order chi connectivity index (χ0) is 41.2. The molecule has 3 heterocycles. The summed E-state index contributed by atoms with van der Waals surface area (Å²) in [7, 11) is -0.165. The summed E-state index contributed by atoms with van der Waals surface area (Å²) in [4.78, 5) is 57.8. The van der Waals surface area contributed by atoms with E-state index in [2.05, 4.69) is 45.4 Å². The molecule has 2 aromatic carbocycles. The fourth-order valence-electron chi connectivity index (χ4n) is 6.44. The molecule has 0 aliphatic carbocycles. The summed E-state index contributed by atoms with van der Waals surface area (Å²) in [6.45, 7) is 13.7. The van der Waals surface area contributed by atoms with E-state index in [1.165, 1.54) is 24.1 Å². The Bertz CT molecular complexity index is 2120. The Balaban J connectivity index is 1.26. The lowest BCUT2D eigenvalue weighted by Gasteiger charge is -2.47. The Labute approximate surface area is 332 Å². The van der Waals surface area contributed by atoms with Crippen LogP contribution in [0.3, 0.4) is 0 Å². The van der Waals surface area contributed by atoms with E-state index in [1.54, 1.807) is 43.3 Å². The molecule has 0 radical (unpaired) electrons. The van der Waals surface area contributed by atoms with E-state index in [4.69, 9.17) is 19.9 Å². The summed E-state index contributed by atoms with van der Waals surface area (Å²) in [5.74, 6) is -1.50. The number of hydrogen-bond donors (Lipinski definition) is 6. The van der Waals surface area contributed by atoms with Crippen molar-refractivity contribution in [1.29, 1.82) is 0 Å². The maximum atomic E-state index is 14.1. The number of carbonyl (C=O) groups excluding carboxylic acids is 4. The van der Waals surface area contributed by atoms with Crippen LogP contribution in [-0.4, -0.2) is 95.8 Å². The molecule has 7 N–H and O–H groups in total. The number of aromatic nitrogens is 1. The number of likely N-dealkylation sites (tertiary alicyclic amines) is 1. The highest BCUT2D eigenvalue weighted by atomic mass is 32.2. The molecular weight excluding hydrogens is 758 g/mol. The first kappa shape index (κ1) is 42.4. The first-order valence-corrected chi connectivity index (χ1v) is 19.5. The van der Waals surface area contributed by atoms with E-state index in [0.29, 0.717) is 58.8 Å². The minimum Gasteiger partial charge on any atom is -0.497 e. The van der Waals surface area contributed by atoms with E-state index in [-0.39, 0.29) is 49.4 Å². The second kappa shape index (κ2) is 19.4. The third-order valence-corrected chi connectivity index (χ3v) is 10.5. The number of rotatable bonds is 20. The molecular formula is C40H48FN7O8S. The molecule has 4 amide bonds. The van der Waals surface area contributed by atoms with E-state index < -0.39 is 53.4 Å². The van der Waals surface area contributed by atoms with Crippen molar-refractivity contribution in [2.45, 2.75) is 55.8 Å². The number of hydrogen-bond acceptors (Lipinski definition) is 9. The van der Waals surface area contributed by atoms with Gasteiger partial charge in [-0.15, -0.1) is 0 Å². The molecule has 4 unspecified atom stereocenters. The molecule has 57 heavy (non-hydrogen) atoms. The van der Waals surface area contributed by atoms with Crippen LogP contribution < -0.4 is 31.1 Å². The highest BCUT2D eigenvalue weighted by Crippen LogP contribution is 2.37. The van der Waals surface area contributed by atoms with Crippen LogP contribution in [-0.2, 0) is 46.2 Å². The Morgan fingerprint density at radius 2 is 1.91 bits per heavy atom. The van der Waals surface area contributed by atoms with Crippen molar-refractivity contribution < 1.29 is 42.0 Å². The Morgan fingerprint density at radius 3 is 2.65 bits per heavy atom. The van der Waals surface area contributed by atoms with Crippen LogP contribution >= 0.6 is 0 Å². The molecule has 1 aromatic heterocycles. The topological polar surface area (TPSA) is 206 Å². The quantitative estimate of drug-likeness (QED) is 0.0564. The van der Waals surface area contributed by atoms with Crippen molar-refractivity contribution >= 4 is 45.5 Å². The lowest BCUT2D eigenvalue weighted by molar-refractivity contribution is -0.155. The molecule has 0 bridgehead atoms. The van der Waals surface area contributed by atoms with Crippen molar-refractivity contribution in [3.8, 4) is 17.0 Å². The van der Waals surface area contributed by atoms with Gasteiger partial charge in [-0.25, -0.2) is 13.3 Å². The summed E-state index contributed by atoms with van der Waals surface area (Å²) in [6.07, 6.45) is 3.84. The van der Waals surface area contributed by atoms with Gasteiger partial charge in [0.1, 0.15) is 52.8 Å². The number of ether oxygens (including phenoxy) is 3. The molecule has 0 spiro atoms. The molecule has 15 nitrogen and oxygen atoms in total. The number of methoxy groups -OCH3 is 1. The minimum atomic E-state index is -1.65. The molecule has 304 valence electrons. The molecule has 0 saturated carbocycles.